The minimum Gasteiger partial charge on any atom is -0.383 e. The highest BCUT2D eigenvalue weighted by molar-refractivity contribution is 5.37. The van der Waals surface area contributed by atoms with Crippen molar-refractivity contribution >= 4 is 5.82 Å². The van der Waals surface area contributed by atoms with Crippen molar-refractivity contribution in [1.29, 1.82) is 0 Å². The summed E-state index contributed by atoms with van der Waals surface area (Å²) in [5, 5.41) is 3.44. The Morgan fingerprint density at radius 3 is 2.74 bits per heavy atom. The van der Waals surface area contributed by atoms with Gasteiger partial charge in [0.05, 0.1) is 30.7 Å². The molecule has 0 radical (unpaired) electrons. The summed E-state index contributed by atoms with van der Waals surface area (Å²) in [6.45, 7) is 6.67. The molecule has 1 aromatic heterocycles. The number of hydrogen-bond donors (Lipinski definition) is 1. The Morgan fingerprint density at radius 2 is 2.21 bits per heavy atom. The van der Waals surface area contributed by atoms with Crippen molar-refractivity contribution < 1.29 is 4.74 Å². The molecule has 5 heteroatoms. The maximum atomic E-state index is 5.20. The quantitative estimate of drug-likeness (QED) is 0.772. The molecule has 2 rings (SSSR count). The number of aromatic nitrogens is 2. The molecular weight excluding hydrogens is 240 g/mol. The van der Waals surface area contributed by atoms with Gasteiger partial charge in [0.25, 0.3) is 0 Å². The van der Waals surface area contributed by atoms with E-state index in [1.165, 1.54) is 12.8 Å². The van der Waals surface area contributed by atoms with Crippen molar-refractivity contribution in [3.05, 3.63) is 18.1 Å². The van der Waals surface area contributed by atoms with E-state index in [9.17, 15) is 0 Å². The van der Waals surface area contributed by atoms with E-state index >= 15 is 0 Å². The molecule has 1 saturated carbocycles. The maximum absolute atomic E-state index is 5.20. The number of rotatable bonds is 8. The fourth-order valence-corrected chi connectivity index (χ4v) is 2.15. The minimum absolute atomic E-state index is 0.305. The van der Waals surface area contributed by atoms with E-state index in [1.54, 1.807) is 7.11 Å². The van der Waals surface area contributed by atoms with Gasteiger partial charge >= 0.3 is 0 Å². The third-order valence-electron chi connectivity index (χ3n) is 3.42. The van der Waals surface area contributed by atoms with Gasteiger partial charge in [0, 0.05) is 26.2 Å². The molecule has 106 valence electrons. The van der Waals surface area contributed by atoms with Gasteiger partial charge in [-0.1, -0.05) is 0 Å². The Balaban J connectivity index is 1.94. The summed E-state index contributed by atoms with van der Waals surface area (Å²) in [7, 11) is 1.72. The van der Waals surface area contributed by atoms with Crippen LogP contribution in [0.2, 0.25) is 0 Å². The summed E-state index contributed by atoms with van der Waals surface area (Å²) in [6, 6.07) is 1.01. The van der Waals surface area contributed by atoms with Crippen molar-refractivity contribution in [2.75, 3.05) is 25.2 Å². The van der Waals surface area contributed by atoms with E-state index in [2.05, 4.69) is 34.0 Å². The van der Waals surface area contributed by atoms with Crippen molar-refractivity contribution in [3.63, 3.8) is 0 Å². The van der Waals surface area contributed by atoms with Gasteiger partial charge in [-0.2, -0.15) is 0 Å². The van der Waals surface area contributed by atoms with Crippen LogP contribution in [0.5, 0.6) is 0 Å². The molecule has 0 amide bonds. The first kappa shape index (κ1) is 14.2. The van der Waals surface area contributed by atoms with Crippen LogP contribution in [-0.4, -0.2) is 42.3 Å². The van der Waals surface area contributed by atoms with E-state index in [0.29, 0.717) is 18.7 Å². The van der Waals surface area contributed by atoms with Crippen LogP contribution in [0.3, 0.4) is 0 Å². The number of methoxy groups -OCH3 is 1. The van der Waals surface area contributed by atoms with E-state index in [0.717, 1.165) is 24.6 Å². The fraction of sp³-hybridized carbons (Fsp3) is 0.714. The second-order valence-electron chi connectivity index (χ2n) is 5.11. The topological polar surface area (TPSA) is 50.3 Å². The first-order valence-electron chi connectivity index (χ1n) is 7.04. The summed E-state index contributed by atoms with van der Waals surface area (Å²) in [6.07, 6.45) is 6.32. The predicted octanol–water partition coefficient (Wildman–Crippen LogP) is 1.59. The Kier molecular flexibility index (Phi) is 5.10. The van der Waals surface area contributed by atoms with Crippen LogP contribution in [0.15, 0.2) is 12.4 Å². The lowest BCUT2D eigenvalue weighted by Crippen LogP contribution is -2.36. The van der Waals surface area contributed by atoms with Crippen molar-refractivity contribution in [2.24, 2.45) is 0 Å². The molecule has 0 aliphatic heterocycles. The van der Waals surface area contributed by atoms with Crippen molar-refractivity contribution in [1.82, 2.24) is 15.3 Å². The number of hydrogen-bond acceptors (Lipinski definition) is 5. The Bertz CT molecular complexity index is 378. The molecule has 1 unspecified atom stereocenters. The lowest BCUT2D eigenvalue weighted by molar-refractivity contribution is 0.181. The van der Waals surface area contributed by atoms with Gasteiger partial charge in [-0.05, 0) is 26.7 Å². The first-order chi connectivity index (χ1) is 9.24. The van der Waals surface area contributed by atoms with E-state index in [1.807, 2.05) is 12.4 Å². The van der Waals surface area contributed by atoms with Crippen LogP contribution in [0, 0.1) is 0 Å². The van der Waals surface area contributed by atoms with Crippen LogP contribution in [-0.2, 0) is 11.3 Å². The van der Waals surface area contributed by atoms with E-state index in [-0.39, 0.29) is 0 Å². The lowest BCUT2D eigenvalue weighted by atomic mass is 10.3. The number of anilines is 1. The first-order valence-corrected chi connectivity index (χ1v) is 7.04. The van der Waals surface area contributed by atoms with Gasteiger partial charge in [-0.3, -0.25) is 4.98 Å². The second kappa shape index (κ2) is 6.82. The zero-order valence-corrected chi connectivity index (χ0v) is 12.1. The van der Waals surface area contributed by atoms with Gasteiger partial charge < -0.3 is 15.0 Å². The molecule has 5 nitrogen and oxygen atoms in total. The van der Waals surface area contributed by atoms with Crippen LogP contribution < -0.4 is 10.2 Å². The molecule has 1 N–H and O–H groups in total. The number of nitrogens with zero attached hydrogens (tertiary/aromatic N) is 3. The van der Waals surface area contributed by atoms with Crippen LogP contribution in [0.25, 0.3) is 0 Å². The van der Waals surface area contributed by atoms with Crippen molar-refractivity contribution in [3.8, 4) is 0 Å². The summed E-state index contributed by atoms with van der Waals surface area (Å²) < 4.78 is 5.20. The molecule has 19 heavy (non-hydrogen) atoms. The average molecular weight is 264 g/mol. The molecule has 1 aromatic rings. The largest absolute Gasteiger partial charge is 0.383 e. The second-order valence-corrected chi connectivity index (χ2v) is 5.11. The van der Waals surface area contributed by atoms with Crippen molar-refractivity contribution in [2.45, 2.75) is 45.3 Å². The third kappa shape index (κ3) is 4.14. The monoisotopic (exact) mass is 264 g/mol. The molecule has 0 spiro atoms. The van der Waals surface area contributed by atoms with Crippen LogP contribution in [0.1, 0.15) is 32.4 Å². The molecule has 0 aromatic carbocycles. The SMILES string of the molecule is CCN(c1cnc(CNC2CC2)cn1)C(C)COC. The smallest absolute Gasteiger partial charge is 0.147 e. The Hall–Kier alpha value is -1.20. The molecular formula is C14H24N4O. The minimum atomic E-state index is 0.305. The molecule has 1 aliphatic rings. The maximum Gasteiger partial charge on any atom is 0.147 e. The number of likely N-dealkylation sites (N-methyl/N-ethyl adjacent to an activating group) is 1. The summed E-state index contributed by atoms with van der Waals surface area (Å²) in [5.41, 5.74) is 1.01. The zero-order valence-electron chi connectivity index (χ0n) is 12.1. The number of nitrogens with one attached hydrogen (secondary N) is 1. The van der Waals surface area contributed by atoms with Gasteiger partial charge in [-0.25, -0.2) is 4.98 Å². The highest BCUT2D eigenvalue weighted by Gasteiger charge is 2.20. The van der Waals surface area contributed by atoms with Gasteiger partial charge in [0.2, 0.25) is 0 Å². The molecule has 1 heterocycles. The van der Waals surface area contributed by atoms with Gasteiger partial charge in [0.15, 0.2) is 0 Å². The summed E-state index contributed by atoms with van der Waals surface area (Å²) in [5.74, 6) is 0.919. The standard InChI is InChI=1S/C14H24N4O/c1-4-18(11(2)10-19-3)14-9-16-13(8-17-14)7-15-12-5-6-12/h8-9,11-12,15H,4-7,10H2,1-3H3. The van der Waals surface area contributed by atoms with E-state index < -0.39 is 0 Å². The highest BCUT2D eigenvalue weighted by atomic mass is 16.5. The average Bonchev–Trinajstić information content (AvgIpc) is 3.23. The zero-order chi connectivity index (χ0) is 13.7. The molecule has 1 fully saturated rings. The Morgan fingerprint density at radius 1 is 1.42 bits per heavy atom. The molecule has 1 atom stereocenters. The fourth-order valence-electron chi connectivity index (χ4n) is 2.15. The summed E-state index contributed by atoms with van der Waals surface area (Å²) >= 11 is 0. The predicted molar refractivity (Wildman–Crippen MR) is 76.3 cm³/mol. The normalized spacial score (nSPS) is 16.4. The van der Waals surface area contributed by atoms with Gasteiger partial charge in [0.1, 0.15) is 5.82 Å². The lowest BCUT2D eigenvalue weighted by Gasteiger charge is -2.28. The van der Waals surface area contributed by atoms with Crippen LogP contribution in [0.4, 0.5) is 5.82 Å². The van der Waals surface area contributed by atoms with Crippen LogP contribution >= 0.6 is 0 Å². The third-order valence-corrected chi connectivity index (χ3v) is 3.42. The van der Waals surface area contributed by atoms with E-state index in [4.69, 9.17) is 4.74 Å². The molecule has 0 saturated heterocycles. The van der Waals surface area contributed by atoms with Gasteiger partial charge in [-0.15, -0.1) is 0 Å². The number of ether oxygens (including phenoxy) is 1. The highest BCUT2D eigenvalue weighted by Crippen LogP contribution is 2.19. The molecule has 1 aliphatic carbocycles. The Labute approximate surface area is 115 Å². The summed E-state index contributed by atoms with van der Waals surface area (Å²) in [4.78, 5) is 11.2. The molecule has 0 bridgehead atoms.